The van der Waals surface area contributed by atoms with Crippen LogP contribution in [0.5, 0.6) is 0 Å². The van der Waals surface area contributed by atoms with E-state index in [1.54, 1.807) is 44.2 Å². The summed E-state index contributed by atoms with van der Waals surface area (Å²) in [6.07, 6.45) is 1.56. The molecule has 1 rings (SSSR count). The number of benzene rings is 1. The van der Waals surface area contributed by atoms with Gasteiger partial charge in [-0.25, -0.2) is 4.79 Å². The summed E-state index contributed by atoms with van der Waals surface area (Å²) in [5, 5.41) is 16.8. The van der Waals surface area contributed by atoms with E-state index >= 15 is 0 Å². The second-order valence-electron chi connectivity index (χ2n) is 7.02. The highest BCUT2D eigenvalue weighted by Gasteiger charge is 2.28. The number of nitrogens with one attached hydrogen (secondary N) is 3. The molecule has 1 aromatic rings. The van der Waals surface area contributed by atoms with Crippen molar-refractivity contribution in [3.8, 4) is 0 Å². The van der Waals surface area contributed by atoms with Crippen LogP contribution in [-0.4, -0.2) is 54.0 Å². The summed E-state index contributed by atoms with van der Waals surface area (Å²) in [7, 11) is 0. The first-order chi connectivity index (χ1) is 13.8. The Balaban J connectivity index is 2.68. The van der Waals surface area contributed by atoms with Crippen LogP contribution in [0.1, 0.15) is 43.5 Å². The number of rotatable bonds is 12. The molecule has 0 radical (unpaired) electrons. The number of hydrogen-bond acceptors (Lipinski definition) is 5. The largest absolute Gasteiger partial charge is 0.480 e. The van der Waals surface area contributed by atoms with Gasteiger partial charge in [0, 0.05) is 5.56 Å². The minimum Gasteiger partial charge on any atom is -0.480 e. The Bertz CT molecular complexity index is 693. The van der Waals surface area contributed by atoms with Crippen molar-refractivity contribution in [1.82, 2.24) is 16.0 Å². The van der Waals surface area contributed by atoms with Crippen molar-refractivity contribution in [3.63, 3.8) is 0 Å². The van der Waals surface area contributed by atoms with E-state index in [2.05, 4.69) is 16.0 Å². The summed E-state index contributed by atoms with van der Waals surface area (Å²) in [6.45, 7) is 3.50. The van der Waals surface area contributed by atoms with E-state index in [4.69, 9.17) is 5.73 Å². The summed E-state index contributed by atoms with van der Waals surface area (Å²) in [4.78, 5) is 48.1. The van der Waals surface area contributed by atoms with Gasteiger partial charge in [-0.2, -0.15) is 0 Å². The molecule has 2 atom stereocenters. The smallest absolute Gasteiger partial charge is 0.326 e. The highest BCUT2D eigenvalue weighted by atomic mass is 16.4. The normalized spacial score (nSPS) is 12.7. The first-order valence-electron chi connectivity index (χ1n) is 9.62. The van der Waals surface area contributed by atoms with E-state index in [-0.39, 0.29) is 12.5 Å². The Hall–Kier alpha value is -2.94. The lowest BCUT2D eigenvalue weighted by Gasteiger charge is -2.23. The fraction of sp³-hybridized carbons (Fsp3) is 0.500. The molecule has 0 fully saturated rings. The van der Waals surface area contributed by atoms with Crippen LogP contribution >= 0.6 is 0 Å². The number of nitrogens with two attached hydrogens (primary N) is 1. The summed E-state index contributed by atoms with van der Waals surface area (Å²) in [5.41, 5.74) is 5.89. The first-order valence-corrected chi connectivity index (χ1v) is 9.62. The van der Waals surface area contributed by atoms with Gasteiger partial charge in [-0.1, -0.05) is 32.0 Å². The van der Waals surface area contributed by atoms with Crippen LogP contribution in [0.15, 0.2) is 30.3 Å². The Morgan fingerprint density at radius 1 is 1.03 bits per heavy atom. The Morgan fingerprint density at radius 3 is 2.24 bits per heavy atom. The third-order valence-corrected chi connectivity index (χ3v) is 4.27. The SMILES string of the molecule is CC(C)C(NC(=O)C(CCCCN)NC(=O)CNC(=O)c1ccccc1)C(=O)O. The molecule has 0 aromatic heterocycles. The zero-order valence-corrected chi connectivity index (χ0v) is 16.8. The van der Waals surface area contributed by atoms with Crippen molar-refractivity contribution in [2.45, 2.75) is 45.2 Å². The van der Waals surface area contributed by atoms with E-state index in [1.165, 1.54) is 0 Å². The standard InChI is InChI=1S/C20H30N4O5/c1-13(2)17(20(28)29)24-19(27)15(10-6-7-11-21)23-16(25)12-22-18(26)14-8-4-3-5-9-14/h3-5,8-9,13,15,17H,6-7,10-12,21H2,1-2H3,(H,22,26)(H,23,25)(H,24,27)(H,28,29). The van der Waals surface area contributed by atoms with Gasteiger partial charge in [0.25, 0.3) is 5.91 Å². The molecule has 2 unspecified atom stereocenters. The number of carbonyl (C=O) groups excluding carboxylic acids is 3. The monoisotopic (exact) mass is 406 g/mol. The third kappa shape index (κ3) is 8.73. The van der Waals surface area contributed by atoms with Crippen LogP contribution in [0.2, 0.25) is 0 Å². The van der Waals surface area contributed by atoms with Gasteiger partial charge in [0.1, 0.15) is 12.1 Å². The summed E-state index contributed by atoms with van der Waals surface area (Å²) in [5.74, 6) is -2.99. The second-order valence-corrected chi connectivity index (χ2v) is 7.02. The van der Waals surface area contributed by atoms with E-state index in [0.717, 1.165) is 0 Å². The van der Waals surface area contributed by atoms with Crippen molar-refractivity contribution in [2.24, 2.45) is 11.7 Å². The van der Waals surface area contributed by atoms with Gasteiger partial charge in [0.2, 0.25) is 11.8 Å². The highest BCUT2D eigenvalue weighted by Crippen LogP contribution is 2.06. The number of unbranched alkanes of at least 4 members (excludes halogenated alkanes) is 1. The minimum atomic E-state index is -1.14. The predicted octanol–water partition coefficient (Wildman–Crippen LogP) is 0.256. The zero-order valence-electron chi connectivity index (χ0n) is 16.8. The van der Waals surface area contributed by atoms with Crippen molar-refractivity contribution >= 4 is 23.7 Å². The van der Waals surface area contributed by atoms with Crippen molar-refractivity contribution in [1.29, 1.82) is 0 Å². The summed E-state index contributed by atoms with van der Waals surface area (Å²) >= 11 is 0. The fourth-order valence-corrected chi connectivity index (χ4v) is 2.63. The number of carboxylic acids is 1. The van der Waals surface area contributed by atoms with E-state index in [9.17, 15) is 24.3 Å². The fourth-order valence-electron chi connectivity index (χ4n) is 2.63. The van der Waals surface area contributed by atoms with Gasteiger partial charge in [0.15, 0.2) is 0 Å². The molecule has 6 N–H and O–H groups in total. The number of aliphatic carboxylic acids is 1. The molecule has 0 spiro atoms. The van der Waals surface area contributed by atoms with Crippen LogP contribution in [0.4, 0.5) is 0 Å². The molecule has 3 amide bonds. The maximum Gasteiger partial charge on any atom is 0.326 e. The molecule has 0 saturated heterocycles. The molecule has 160 valence electrons. The quantitative estimate of drug-likeness (QED) is 0.314. The number of hydrogen-bond donors (Lipinski definition) is 5. The molecule has 9 heteroatoms. The Labute approximate surface area is 170 Å². The maximum absolute atomic E-state index is 12.5. The molecule has 0 aliphatic rings. The van der Waals surface area contributed by atoms with Crippen molar-refractivity contribution < 1.29 is 24.3 Å². The minimum absolute atomic E-state index is 0.305. The van der Waals surface area contributed by atoms with Crippen molar-refractivity contribution in [2.75, 3.05) is 13.1 Å². The van der Waals surface area contributed by atoms with Crippen LogP contribution in [-0.2, 0) is 14.4 Å². The zero-order chi connectivity index (χ0) is 21.8. The van der Waals surface area contributed by atoms with Crippen LogP contribution in [0.25, 0.3) is 0 Å². The molecular formula is C20H30N4O5. The highest BCUT2D eigenvalue weighted by molar-refractivity contribution is 5.97. The van der Waals surface area contributed by atoms with Gasteiger partial charge >= 0.3 is 5.97 Å². The van der Waals surface area contributed by atoms with E-state index < -0.39 is 35.8 Å². The predicted molar refractivity (Wildman–Crippen MR) is 108 cm³/mol. The first kappa shape index (κ1) is 24.1. The molecule has 0 saturated carbocycles. The molecule has 0 aliphatic heterocycles. The molecule has 1 aromatic carbocycles. The summed E-state index contributed by atoms with van der Waals surface area (Å²) < 4.78 is 0. The lowest BCUT2D eigenvalue weighted by molar-refractivity contribution is -0.143. The third-order valence-electron chi connectivity index (χ3n) is 4.27. The average molecular weight is 406 g/mol. The molecule has 0 aliphatic carbocycles. The van der Waals surface area contributed by atoms with Gasteiger partial charge < -0.3 is 26.8 Å². The lowest BCUT2D eigenvalue weighted by atomic mass is 10.0. The number of carbonyl (C=O) groups is 4. The average Bonchev–Trinajstić information content (AvgIpc) is 2.69. The lowest BCUT2D eigenvalue weighted by Crippen LogP contribution is -2.54. The van der Waals surface area contributed by atoms with Crippen LogP contribution < -0.4 is 21.7 Å². The van der Waals surface area contributed by atoms with Crippen LogP contribution in [0.3, 0.4) is 0 Å². The van der Waals surface area contributed by atoms with E-state index in [0.29, 0.717) is 31.4 Å². The second kappa shape index (κ2) is 12.5. The molecular weight excluding hydrogens is 376 g/mol. The molecule has 0 bridgehead atoms. The Morgan fingerprint density at radius 2 is 1.69 bits per heavy atom. The van der Waals surface area contributed by atoms with Gasteiger partial charge in [0.05, 0.1) is 6.54 Å². The van der Waals surface area contributed by atoms with Gasteiger partial charge in [-0.05, 0) is 43.9 Å². The topological polar surface area (TPSA) is 151 Å². The molecule has 0 heterocycles. The summed E-state index contributed by atoms with van der Waals surface area (Å²) in [6, 6.07) is 6.45. The van der Waals surface area contributed by atoms with Gasteiger partial charge in [-0.15, -0.1) is 0 Å². The van der Waals surface area contributed by atoms with E-state index in [1.807, 2.05) is 0 Å². The Kier molecular flexibility index (Phi) is 10.4. The van der Waals surface area contributed by atoms with Crippen molar-refractivity contribution in [3.05, 3.63) is 35.9 Å². The maximum atomic E-state index is 12.5. The molecule has 29 heavy (non-hydrogen) atoms. The number of carboxylic acid groups (broad SMARTS) is 1. The van der Waals surface area contributed by atoms with Gasteiger partial charge in [-0.3, -0.25) is 14.4 Å². The molecule has 9 nitrogen and oxygen atoms in total. The number of amides is 3. The van der Waals surface area contributed by atoms with Crippen LogP contribution in [0, 0.1) is 5.92 Å².